The molecule has 0 amide bonds. The quantitative estimate of drug-likeness (QED) is 0.565. The smallest absolute Gasteiger partial charge is 0.189 e. The van der Waals surface area contributed by atoms with Gasteiger partial charge in [-0.3, -0.25) is 4.79 Å². The molecule has 3 nitrogen and oxygen atoms in total. The van der Waals surface area contributed by atoms with E-state index in [0.717, 1.165) is 6.42 Å². The Hall–Kier alpha value is -1.77. The van der Waals surface area contributed by atoms with Crippen molar-refractivity contribution in [2.45, 2.75) is 13.3 Å². The fraction of sp³-hybridized carbons (Fsp3) is 0.308. The monoisotopic (exact) mass is 220 g/mol. The minimum atomic E-state index is -0.0543. The molecule has 0 spiro atoms. The van der Waals surface area contributed by atoms with Crippen LogP contribution < -0.4 is 9.47 Å². The van der Waals surface area contributed by atoms with Crippen LogP contribution >= 0.6 is 0 Å². The molecule has 0 aliphatic carbocycles. The van der Waals surface area contributed by atoms with Crippen molar-refractivity contribution in [2.75, 3.05) is 14.2 Å². The van der Waals surface area contributed by atoms with E-state index in [2.05, 4.69) is 0 Å². The van der Waals surface area contributed by atoms with E-state index < -0.39 is 0 Å². The van der Waals surface area contributed by atoms with Gasteiger partial charge in [0.1, 0.15) is 11.5 Å². The maximum absolute atomic E-state index is 11.8. The second-order valence-corrected chi connectivity index (χ2v) is 3.24. The van der Waals surface area contributed by atoms with Gasteiger partial charge in [-0.1, -0.05) is 13.0 Å². The van der Waals surface area contributed by atoms with Gasteiger partial charge in [0.25, 0.3) is 0 Å². The topological polar surface area (TPSA) is 35.5 Å². The zero-order valence-corrected chi connectivity index (χ0v) is 9.82. The molecule has 16 heavy (non-hydrogen) atoms. The highest BCUT2D eigenvalue weighted by molar-refractivity contribution is 6.06. The summed E-state index contributed by atoms with van der Waals surface area (Å²) < 4.78 is 10.2. The normalized spacial score (nSPS) is 10.4. The first-order valence-electron chi connectivity index (χ1n) is 5.15. The molecule has 1 aromatic carbocycles. The lowest BCUT2D eigenvalue weighted by atomic mass is 10.1. The van der Waals surface area contributed by atoms with Gasteiger partial charge in [0.15, 0.2) is 5.78 Å². The highest BCUT2D eigenvalue weighted by Gasteiger charge is 2.10. The molecule has 3 heteroatoms. The first-order valence-corrected chi connectivity index (χ1v) is 5.15. The van der Waals surface area contributed by atoms with E-state index in [4.69, 9.17) is 9.47 Å². The van der Waals surface area contributed by atoms with Crippen LogP contribution in [0.5, 0.6) is 11.5 Å². The molecule has 0 aliphatic rings. The fourth-order valence-electron chi connectivity index (χ4n) is 1.32. The van der Waals surface area contributed by atoms with Gasteiger partial charge in [-0.05, 0) is 24.6 Å². The van der Waals surface area contributed by atoms with Gasteiger partial charge in [0.05, 0.1) is 19.8 Å². The van der Waals surface area contributed by atoms with Crippen LogP contribution in [0, 0.1) is 0 Å². The summed E-state index contributed by atoms with van der Waals surface area (Å²) in [6, 6.07) is 5.16. The molecular weight excluding hydrogens is 204 g/mol. The lowest BCUT2D eigenvalue weighted by Gasteiger charge is -2.07. The minimum Gasteiger partial charge on any atom is -0.497 e. The van der Waals surface area contributed by atoms with Crippen molar-refractivity contribution in [3.8, 4) is 11.5 Å². The maximum Gasteiger partial charge on any atom is 0.189 e. The van der Waals surface area contributed by atoms with E-state index in [1.54, 1.807) is 31.4 Å². The summed E-state index contributed by atoms with van der Waals surface area (Å²) in [5, 5.41) is 0. The Morgan fingerprint density at radius 2 is 2.06 bits per heavy atom. The molecule has 0 bridgehead atoms. The highest BCUT2D eigenvalue weighted by atomic mass is 16.5. The van der Waals surface area contributed by atoms with Crippen molar-refractivity contribution in [1.29, 1.82) is 0 Å². The first kappa shape index (κ1) is 12.3. The molecule has 0 saturated heterocycles. The van der Waals surface area contributed by atoms with Gasteiger partial charge in [0.2, 0.25) is 0 Å². The molecule has 0 unspecified atom stereocenters. The van der Waals surface area contributed by atoms with Gasteiger partial charge in [-0.15, -0.1) is 0 Å². The third-order valence-electron chi connectivity index (χ3n) is 2.18. The van der Waals surface area contributed by atoms with Crippen LogP contribution in [0.25, 0.3) is 0 Å². The van der Waals surface area contributed by atoms with E-state index in [-0.39, 0.29) is 5.78 Å². The SMILES string of the molecule is CC/C=C/C(=O)c1ccc(OC)cc1OC. The van der Waals surface area contributed by atoms with Gasteiger partial charge < -0.3 is 9.47 Å². The van der Waals surface area contributed by atoms with Gasteiger partial charge in [-0.25, -0.2) is 0 Å². The van der Waals surface area contributed by atoms with Crippen molar-refractivity contribution in [1.82, 2.24) is 0 Å². The van der Waals surface area contributed by atoms with Gasteiger partial charge in [-0.2, -0.15) is 0 Å². The van der Waals surface area contributed by atoms with E-state index in [1.165, 1.54) is 7.11 Å². The number of benzene rings is 1. The molecule has 0 radical (unpaired) electrons. The van der Waals surface area contributed by atoms with Crippen molar-refractivity contribution < 1.29 is 14.3 Å². The number of ether oxygens (including phenoxy) is 2. The third kappa shape index (κ3) is 2.86. The molecule has 1 aromatic rings. The minimum absolute atomic E-state index is 0.0543. The summed E-state index contributed by atoms with van der Waals surface area (Å²) in [4.78, 5) is 11.8. The van der Waals surface area contributed by atoms with Crippen LogP contribution in [-0.2, 0) is 0 Å². The van der Waals surface area contributed by atoms with E-state index in [9.17, 15) is 4.79 Å². The molecule has 0 atom stereocenters. The van der Waals surface area contributed by atoms with Crippen molar-refractivity contribution in [2.24, 2.45) is 0 Å². The Balaban J connectivity index is 3.03. The molecule has 86 valence electrons. The standard InChI is InChI=1S/C13H16O3/c1-4-5-6-12(14)11-8-7-10(15-2)9-13(11)16-3/h5-9H,4H2,1-3H3/b6-5+. The lowest BCUT2D eigenvalue weighted by Crippen LogP contribution is -1.99. The number of hydrogen-bond acceptors (Lipinski definition) is 3. The first-order chi connectivity index (χ1) is 7.72. The number of rotatable bonds is 5. The number of carbonyl (C=O) groups is 1. The average molecular weight is 220 g/mol. The molecule has 0 aliphatic heterocycles. The van der Waals surface area contributed by atoms with Crippen molar-refractivity contribution >= 4 is 5.78 Å². The summed E-state index contributed by atoms with van der Waals surface area (Å²) in [6.07, 6.45) is 4.22. The summed E-state index contributed by atoms with van der Waals surface area (Å²) in [5.74, 6) is 1.15. The van der Waals surface area contributed by atoms with Crippen LogP contribution in [0.3, 0.4) is 0 Å². The zero-order valence-electron chi connectivity index (χ0n) is 9.82. The molecule has 0 saturated carbocycles. The predicted octanol–water partition coefficient (Wildman–Crippen LogP) is 2.85. The molecule has 0 heterocycles. The Kier molecular flexibility index (Phi) is 4.58. The number of allylic oxidation sites excluding steroid dienone is 2. The van der Waals surface area contributed by atoms with Crippen LogP contribution in [0.1, 0.15) is 23.7 Å². The Bertz CT molecular complexity index is 394. The van der Waals surface area contributed by atoms with Crippen molar-refractivity contribution in [3.05, 3.63) is 35.9 Å². The zero-order chi connectivity index (χ0) is 12.0. The molecule has 0 fully saturated rings. The highest BCUT2D eigenvalue weighted by Crippen LogP contribution is 2.25. The number of ketones is 1. The molecular formula is C13H16O3. The van der Waals surface area contributed by atoms with Crippen LogP contribution in [-0.4, -0.2) is 20.0 Å². The second-order valence-electron chi connectivity index (χ2n) is 3.24. The largest absolute Gasteiger partial charge is 0.497 e. The Labute approximate surface area is 95.7 Å². The number of hydrogen-bond donors (Lipinski definition) is 0. The maximum atomic E-state index is 11.8. The van der Waals surface area contributed by atoms with E-state index in [0.29, 0.717) is 17.1 Å². The van der Waals surface area contributed by atoms with Gasteiger partial charge >= 0.3 is 0 Å². The van der Waals surface area contributed by atoms with Crippen LogP contribution in [0.2, 0.25) is 0 Å². The van der Waals surface area contributed by atoms with Crippen LogP contribution in [0.15, 0.2) is 30.4 Å². The average Bonchev–Trinajstić information content (AvgIpc) is 2.34. The molecule has 0 N–H and O–H groups in total. The third-order valence-corrected chi connectivity index (χ3v) is 2.18. The summed E-state index contributed by atoms with van der Waals surface area (Å²) in [6.45, 7) is 1.98. The van der Waals surface area contributed by atoms with E-state index >= 15 is 0 Å². The summed E-state index contributed by atoms with van der Waals surface area (Å²) in [5.41, 5.74) is 0.549. The Morgan fingerprint density at radius 3 is 2.62 bits per heavy atom. The number of methoxy groups -OCH3 is 2. The molecule has 0 aromatic heterocycles. The Morgan fingerprint density at radius 1 is 1.31 bits per heavy atom. The van der Waals surface area contributed by atoms with E-state index in [1.807, 2.05) is 13.0 Å². The van der Waals surface area contributed by atoms with Crippen LogP contribution in [0.4, 0.5) is 0 Å². The second kappa shape index (κ2) is 5.95. The van der Waals surface area contributed by atoms with Gasteiger partial charge in [0, 0.05) is 6.07 Å². The lowest BCUT2D eigenvalue weighted by molar-refractivity contribution is 0.104. The molecule has 1 rings (SSSR count). The summed E-state index contributed by atoms with van der Waals surface area (Å²) >= 11 is 0. The van der Waals surface area contributed by atoms with Crippen molar-refractivity contribution in [3.63, 3.8) is 0 Å². The predicted molar refractivity (Wildman–Crippen MR) is 63.3 cm³/mol. The summed E-state index contributed by atoms with van der Waals surface area (Å²) in [7, 11) is 3.11. The fourth-order valence-corrected chi connectivity index (χ4v) is 1.32. The number of carbonyl (C=O) groups excluding carboxylic acids is 1.